The van der Waals surface area contributed by atoms with Crippen LogP contribution in [0.4, 0.5) is 0 Å². The summed E-state index contributed by atoms with van der Waals surface area (Å²) in [5.74, 6) is 0.424. The van der Waals surface area contributed by atoms with E-state index in [9.17, 15) is 9.90 Å². The van der Waals surface area contributed by atoms with Crippen LogP contribution >= 0.6 is 0 Å². The number of esters is 1. The zero-order valence-electron chi connectivity index (χ0n) is 20.5. The summed E-state index contributed by atoms with van der Waals surface area (Å²) >= 11 is 0. The van der Waals surface area contributed by atoms with E-state index in [-0.39, 0.29) is 11.1 Å². The van der Waals surface area contributed by atoms with Crippen molar-refractivity contribution in [3.8, 4) is 5.75 Å². The molecule has 2 bridgehead atoms. The van der Waals surface area contributed by atoms with E-state index in [1.807, 2.05) is 30.3 Å². The van der Waals surface area contributed by atoms with Crippen molar-refractivity contribution < 1.29 is 19.1 Å². The van der Waals surface area contributed by atoms with Gasteiger partial charge in [0.05, 0.1) is 0 Å². The van der Waals surface area contributed by atoms with Crippen LogP contribution in [0, 0.1) is 5.92 Å². The Kier molecular flexibility index (Phi) is 6.46. The number of piperidine rings is 3. The number of carbonyl (C=O) groups excluding carboxylic acids is 1. The van der Waals surface area contributed by atoms with Gasteiger partial charge in [-0.15, -0.1) is 0 Å². The van der Waals surface area contributed by atoms with Gasteiger partial charge in [-0.2, -0.15) is 0 Å². The van der Waals surface area contributed by atoms with Gasteiger partial charge in [0.15, 0.2) is 0 Å². The van der Waals surface area contributed by atoms with Crippen LogP contribution in [0.1, 0.15) is 44.7 Å². The number of hydrogen-bond donors (Lipinski definition) is 1. The third-order valence-electron chi connectivity index (χ3n) is 7.77. The average molecular weight is 468 g/mol. The normalized spacial score (nSPS) is 24.7. The second-order valence-corrected chi connectivity index (χ2v) is 15.8. The monoisotopic (exact) mass is 467 g/mol. The number of rotatable bonds is 6. The quantitative estimate of drug-likeness (QED) is 0.481. The summed E-state index contributed by atoms with van der Waals surface area (Å²) in [4.78, 5) is 16.0. The second-order valence-electron chi connectivity index (χ2n) is 11.0. The summed E-state index contributed by atoms with van der Waals surface area (Å²) in [5, 5.41) is 12.0. The molecule has 3 fully saturated rings. The third-order valence-corrected chi connectivity index (χ3v) is 12.1. The summed E-state index contributed by atoms with van der Waals surface area (Å²) in [6, 6.07) is 16.4. The molecule has 0 aliphatic carbocycles. The number of carbonyl (C=O) groups is 1. The molecule has 3 aliphatic heterocycles. The standard InChI is InChI=1S/C27H37NO4Si/c1-26(2,3)33(4,5)32-23-13-9-12-22(18-23)27(30,21-10-7-6-8-11-21)25(29)31-24-19-28-16-14-20(24)15-17-28/h6-13,18,20,24,30H,14-17,19H2,1-5H3/t24-,27?/m0/s1. The van der Waals surface area contributed by atoms with E-state index in [2.05, 4.69) is 38.8 Å². The molecule has 33 heavy (non-hydrogen) atoms. The Morgan fingerprint density at radius 2 is 1.64 bits per heavy atom. The fourth-order valence-electron chi connectivity index (χ4n) is 4.58. The van der Waals surface area contributed by atoms with Crippen LogP contribution in [-0.4, -0.2) is 50.0 Å². The molecule has 2 atom stereocenters. The van der Waals surface area contributed by atoms with Crippen molar-refractivity contribution in [3.63, 3.8) is 0 Å². The lowest BCUT2D eigenvalue weighted by Gasteiger charge is -2.44. The maximum absolute atomic E-state index is 13.6. The molecule has 6 heteroatoms. The molecule has 2 aromatic rings. The van der Waals surface area contributed by atoms with Gasteiger partial charge in [-0.05, 0) is 67.7 Å². The molecule has 3 aliphatic rings. The highest BCUT2D eigenvalue weighted by Gasteiger charge is 2.46. The van der Waals surface area contributed by atoms with E-state index in [0.29, 0.717) is 22.8 Å². The molecule has 0 spiro atoms. The molecule has 1 N–H and O–H groups in total. The minimum absolute atomic E-state index is 0.0350. The van der Waals surface area contributed by atoms with Gasteiger partial charge < -0.3 is 14.3 Å². The van der Waals surface area contributed by atoms with Crippen molar-refractivity contribution >= 4 is 14.3 Å². The maximum atomic E-state index is 13.6. The van der Waals surface area contributed by atoms with E-state index < -0.39 is 19.9 Å². The first-order valence-electron chi connectivity index (χ1n) is 12.0. The van der Waals surface area contributed by atoms with Crippen molar-refractivity contribution in [2.45, 2.75) is 63.5 Å². The molecular formula is C27H37NO4Si. The largest absolute Gasteiger partial charge is 0.543 e. The first-order chi connectivity index (χ1) is 15.5. The van der Waals surface area contributed by atoms with Gasteiger partial charge in [-0.1, -0.05) is 63.2 Å². The fourth-order valence-corrected chi connectivity index (χ4v) is 5.60. The zero-order valence-corrected chi connectivity index (χ0v) is 21.5. The first kappa shape index (κ1) is 24.0. The van der Waals surface area contributed by atoms with Gasteiger partial charge in [0.2, 0.25) is 13.9 Å². The average Bonchev–Trinajstić information content (AvgIpc) is 2.79. The van der Waals surface area contributed by atoms with E-state index in [1.54, 1.807) is 24.3 Å². The van der Waals surface area contributed by atoms with Crippen LogP contribution in [0.2, 0.25) is 18.1 Å². The van der Waals surface area contributed by atoms with Crippen LogP contribution in [0.15, 0.2) is 54.6 Å². The van der Waals surface area contributed by atoms with Crippen molar-refractivity contribution in [1.29, 1.82) is 0 Å². The lowest BCUT2D eigenvalue weighted by molar-refractivity contribution is -0.177. The van der Waals surface area contributed by atoms with Gasteiger partial charge in [0.1, 0.15) is 11.9 Å². The highest BCUT2D eigenvalue weighted by atomic mass is 28.4. The molecule has 1 unspecified atom stereocenters. The smallest absolute Gasteiger partial charge is 0.348 e. The molecular weight excluding hydrogens is 430 g/mol. The van der Waals surface area contributed by atoms with Gasteiger partial charge in [0, 0.05) is 12.1 Å². The molecule has 178 valence electrons. The van der Waals surface area contributed by atoms with Crippen LogP contribution < -0.4 is 4.43 Å². The van der Waals surface area contributed by atoms with Gasteiger partial charge >= 0.3 is 5.97 Å². The number of nitrogens with zero attached hydrogens (tertiary/aromatic N) is 1. The van der Waals surface area contributed by atoms with Gasteiger partial charge in [-0.3, -0.25) is 4.90 Å². The van der Waals surface area contributed by atoms with Crippen molar-refractivity contribution in [3.05, 3.63) is 65.7 Å². The Balaban J connectivity index is 1.67. The minimum Gasteiger partial charge on any atom is -0.543 e. The minimum atomic E-state index is -2.08. The van der Waals surface area contributed by atoms with Crippen LogP contribution in [-0.2, 0) is 15.1 Å². The maximum Gasteiger partial charge on any atom is 0.348 e. The number of aliphatic hydroxyl groups is 1. The van der Waals surface area contributed by atoms with Crippen LogP contribution in [0.3, 0.4) is 0 Å². The number of hydrogen-bond acceptors (Lipinski definition) is 5. The molecule has 5 nitrogen and oxygen atoms in total. The van der Waals surface area contributed by atoms with Crippen molar-refractivity contribution in [1.82, 2.24) is 4.90 Å². The highest BCUT2D eigenvalue weighted by molar-refractivity contribution is 6.74. The highest BCUT2D eigenvalue weighted by Crippen LogP contribution is 2.40. The molecule has 2 aromatic carbocycles. The molecule has 0 aromatic heterocycles. The third kappa shape index (κ3) is 4.74. The van der Waals surface area contributed by atoms with Crippen LogP contribution in [0.5, 0.6) is 5.75 Å². The fraction of sp³-hybridized carbons (Fsp3) is 0.519. The van der Waals surface area contributed by atoms with Crippen molar-refractivity contribution in [2.24, 2.45) is 5.92 Å². The number of fused-ring (bicyclic) bond motifs is 3. The van der Waals surface area contributed by atoms with Gasteiger partial charge in [-0.25, -0.2) is 4.79 Å². The topological polar surface area (TPSA) is 59.0 Å². The Morgan fingerprint density at radius 3 is 2.21 bits per heavy atom. The summed E-state index contributed by atoms with van der Waals surface area (Å²) < 4.78 is 12.5. The van der Waals surface area contributed by atoms with E-state index >= 15 is 0 Å². The summed E-state index contributed by atoms with van der Waals surface area (Å²) in [7, 11) is -2.08. The predicted octanol–water partition coefficient (Wildman–Crippen LogP) is 4.94. The second kappa shape index (κ2) is 8.89. The van der Waals surface area contributed by atoms with E-state index in [0.717, 1.165) is 32.5 Å². The molecule has 3 heterocycles. The van der Waals surface area contributed by atoms with E-state index in [1.165, 1.54) is 0 Å². The number of ether oxygens (including phenoxy) is 1. The molecule has 5 rings (SSSR count). The Labute approximate surface area is 198 Å². The molecule has 3 saturated heterocycles. The Hall–Kier alpha value is -2.15. The van der Waals surface area contributed by atoms with Crippen molar-refractivity contribution in [2.75, 3.05) is 19.6 Å². The van der Waals surface area contributed by atoms with Gasteiger partial charge in [0.25, 0.3) is 0 Å². The summed E-state index contributed by atoms with van der Waals surface area (Å²) in [5.41, 5.74) is -0.933. The first-order valence-corrected chi connectivity index (χ1v) is 14.9. The Bertz CT molecular complexity index is 979. The van der Waals surface area contributed by atoms with E-state index in [4.69, 9.17) is 9.16 Å². The Morgan fingerprint density at radius 1 is 1.00 bits per heavy atom. The summed E-state index contributed by atoms with van der Waals surface area (Å²) in [6.07, 6.45) is 1.90. The molecule has 0 saturated carbocycles. The zero-order chi connectivity index (χ0) is 23.9. The lowest BCUT2D eigenvalue weighted by Crippen LogP contribution is -2.53. The lowest BCUT2D eigenvalue weighted by atomic mass is 9.84. The SMILES string of the molecule is CC(C)(C)[Si](C)(C)Oc1cccc(C(O)(C(=O)O[C@H]2CN3CCC2CC3)c2ccccc2)c1. The predicted molar refractivity (Wildman–Crippen MR) is 133 cm³/mol. The summed E-state index contributed by atoms with van der Waals surface area (Å²) in [6.45, 7) is 13.8. The van der Waals surface area contributed by atoms with Crippen LogP contribution in [0.25, 0.3) is 0 Å². The number of benzene rings is 2. The molecule has 0 radical (unpaired) electrons. The molecule has 0 amide bonds.